The van der Waals surface area contributed by atoms with Crippen molar-refractivity contribution in [2.45, 2.75) is 91.0 Å². The number of hydrogen-bond acceptors (Lipinski definition) is 2. The zero-order chi connectivity index (χ0) is 14.4. The van der Waals surface area contributed by atoms with Gasteiger partial charge in [-0.3, -0.25) is 0 Å². The van der Waals surface area contributed by atoms with Crippen LogP contribution in [0.3, 0.4) is 0 Å². The molecule has 110 valence electrons. The van der Waals surface area contributed by atoms with Crippen LogP contribution in [0.25, 0.3) is 0 Å². The predicted molar refractivity (Wildman–Crippen MR) is 86.3 cm³/mol. The normalized spacial score (nSPS) is 16.7. The minimum atomic E-state index is -1.50. The van der Waals surface area contributed by atoms with E-state index in [1.807, 2.05) is 0 Å². The summed E-state index contributed by atoms with van der Waals surface area (Å²) in [5, 5.41) is 0. The molecule has 2 nitrogen and oxygen atoms in total. The Morgan fingerprint density at radius 3 is 1.22 bits per heavy atom. The zero-order valence-electron chi connectivity index (χ0n) is 13.8. The van der Waals surface area contributed by atoms with Gasteiger partial charge in [0.05, 0.1) is 0 Å². The maximum Gasteiger partial charge on any atom is 0.186 e. The first-order chi connectivity index (χ1) is 8.12. The van der Waals surface area contributed by atoms with Gasteiger partial charge in [0.15, 0.2) is 16.6 Å². The van der Waals surface area contributed by atoms with Crippen LogP contribution in [0.2, 0.25) is 38.3 Å². The van der Waals surface area contributed by atoms with Crippen molar-refractivity contribution >= 4 is 16.6 Å². The standard InChI is InChI=1S/C14H34O2Si2/c1-9-13(3)15-17(5,6)11-12-18(7,8)16-14(4)10-2/h13-14H,9-12H2,1-8H3. The van der Waals surface area contributed by atoms with Gasteiger partial charge in [0, 0.05) is 12.2 Å². The summed E-state index contributed by atoms with van der Waals surface area (Å²) < 4.78 is 12.4. The molecule has 0 aliphatic carbocycles. The third-order valence-electron chi connectivity index (χ3n) is 3.52. The molecule has 0 amide bonds. The summed E-state index contributed by atoms with van der Waals surface area (Å²) in [7, 11) is -3.01. The van der Waals surface area contributed by atoms with Crippen LogP contribution >= 0.6 is 0 Å². The van der Waals surface area contributed by atoms with E-state index in [9.17, 15) is 0 Å². The fourth-order valence-electron chi connectivity index (χ4n) is 1.98. The van der Waals surface area contributed by atoms with Crippen LogP contribution in [-0.2, 0) is 8.85 Å². The van der Waals surface area contributed by atoms with Gasteiger partial charge in [-0.2, -0.15) is 0 Å². The lowest BCUT2D eigenvalue weighted by Crippen LogP contribution is -2.40. The second-order valence-corrected chi connectivity index (χ2v) is 15.2. The maximum atomic E-state index is 6.22. The second kappa shape index (κ2) is 7.83. The molecule has 18 heavy (non-hydrogen) atoms. The molecule has 2 unspecified atom stereocenters. The van der Waals surface area contributed by atoms with E-state index in [0.29, 0.717) is 12.2 Å². The summed E-state index contributed by atoms with van der Waals surface area (Å²) in [4.78, 5) is 0. The lowest BCUT2D eigenvalue weighted by molar-refractivity contribution is 0.200. The highest BCUT2D eigenvalue weighted by Crippen LogP contribution is 2.24. The van der Waals surface area contributed by atoms with Crippen molar-refractivity contribution in [3.8, 4) is 0 Å². The molecule has 2 atom stereocenters. The average molecular weight is 291 g/mol. The highest BCUT2D eigenvalue weighted by Gasteiger charge is 2.31. The Bertz CT molecular complexity index is 206. The van der Waals surface area contributed by atoms with Gasteiger partial charge < -0.3 is 8.85 Å². The Labute approximate surface area is 117 Å². The highest BCUT2D eigenvalue weighted by atomic mass is 28.4. The van der Waals surface area contributed by atoms with Crippen molar-refractivity contribution in [2.75, 3.05) is 0 Å². The first kappa shape index (κ1) is 18.4. The molecule has 4 heteroatoms. The fourth-order valence-corrected chi connectivity index (χ4v) is 9.54. The summed E-state index contributed by atoms with van der Waals surface area (Å²) in [5.41, 5.74) is 0. The summed E-state index contributed by atoms with van der Waals surface area (Å²) in [6.07, 6.45) is 3.04. The monoisotopic (exact) mass is 290 g/mol. The molecular weight excluding hydrogens is 256 g/mol. The van der Waals surface area contributed by atoms with Crippen molar-refractivity contribution in [1.29, 1.82) is 0 Å². The van der Waals surface area contributed by atoms with E-state index in [1.54, 1.807) is 0 Å². The summed E-state index contributed by atoms with van der Waals surface area (Å²) >= 11 is 0. The highest BCUT2D eigenvalue weighted by molar-refractivity contribution is 6.76. The zero-order valence-corrected chi connectivity index (χ0v) is 15.8. The van der Waals surface area contributed by atoms with Crippen LogP contribution in [0.5, 0.6) is 0 Å². The van der Waals surface area contributed by atoms with Crippen LogP contribution in [0.15, 0.2) is 0 Å². The second-order valence-electron chi connectivity index (χ2n) is 6.69. The van der Waals surface area contributed by atoms with Crippen molar-refractivity contribution in [3.63, 3.8) is 0 Å². The number of rotatable bonds is 9. The molecular formula is C14H34O2Si2. The molecule has 0 saturated carbocycles. The molecule has 0 spiro atoms. The van der Waals surface area contributed by atoms with Crippen LogP contribution in [0, 0.1) is 0 Å². The van der Waals surface area contributed by atoms with Gasteiger partial charge in [0.1, 0.15) is 0 Å². The molecule has 0 radical (unpaired) electrons. The summed E-state index contributed by atoms with van der Waals surface area (Å²) in [5.74, 6) is 0. The van der Waals surface area contributed by atoms with Gasteiger partial charge in [-0.25, -0.2) is 0 Å². The van der Waals surface area contributed by atoms with E-state index in [1.165, 1.54) is 12.1 Å². The third-order valence-corrected chi connectivity index (χ3v) is 9.01. The first-order valence-corrected chi connectivity index (χ1v) is 13.7. The largest absolute Gasteiger partial charge is 0.415 e. The SMILES string of the molecule is CCC(C)O[Si](C)(C)CC[Si](C)(C)OC(C)CC. The van der Waals surface area contributed by atoms with Gasteiger partial charge in [0.25, 0.3) is 0 Å². The minimum Gasteiger partial charge on any atom is -0.415 e. The molecule has 0 aromatic carbocycles. The van der Waals surface area contributed by atoms with Crippen LogP contribution < -0.4 is 0 Å². The molecule has 0 heterocycles. The fraction of sp³-hybridized carbons (Fsp3) is 1.00. The molecule has 0 rings (SSSR count). The molecule has 0 aliphatic heterocycles. The van der Waals surface area contributed by atoms with Gasteiger partial charge in [-0.05, 0) is 65.0 Å². The van der Waals surface area contributed by atoms with E-state index < -0.39 is 16.6 Å². The molecule has 0 saturated heterocycles. The van der Waals surface area contributed by atoms with Gasteiger partial charge in [0.2, 0.25) is 0 Å². The van der Waals surface area contributed by atoms with Crippen LogP contribution in [-0.4, -0.2) is 28.8 Å². The van der Waals surface area contributed by atoms with E-state index in [2.05, 4.69) is 53.9 Å². The molecule has 0 fully saturated rings. The Hall–Kier alpha value is 0.354. The predicted octanol–water partition coefficient (Wildman–Crippen LogP) is 5.03. The average Bonchev–Trinajstić information content (AvgIpc) is 2.25. The maximum absolute atomic E-state index is 6.22. The van der Waals surface area contributed by atoms with Crippen molar-refractivity contribution in [2.24, 2.45) is 0 Å². The van der Waals surface area contributed by atoms with E-state index in [4.69, 9.17) is 8.85 Å². The smallest absolute Gasteiger partial charge is 0.186 e. The Kier molecular flexibility index (Phi) is 7.98. The summed E-state index contributed by atoms with van der Waals surface area (Å²) in [6.45, 7) is 18.1. The molecule has 0 bridgehead atoms. The van der Waals surface area contributed by atoms with Crippen LogP contribution in [0.1, 0.15) is 40.5 Å². The minimum absolute atomic E-state index is 0.409. The third kappa shape index (κ3) is 8.45. The number of hydrogen-bond donors (Lipinski definition) is 0. The van der Waals surface area contributed by atoms with Crippen LogP contribution in [0.4, 0.5) is 0 Å². The molecule has 0 aliphatic rings. The Balaban J connectivity index is 4.20. The van der Waals surface area contributed by atoms with E-state index >= 15 is 0 Å². The topological polar surface area (TPSA) is 18.5 Å². The Morgan fingerprint density at radius 2 is 1.00 bits per heavy atom. The molecule has 0 aromatic heterocycles. The van der Waals surface area contributed by atoms with Gasteiger partial charge >= 0.3 is 0 Å². The van der Waals surface area contributed by atoms with Gasteiger partial charge in [-0.15, -0.1) is 0 Å². The van der Waals surface area contributed by atoms with Crippen molar-refractivity contribution in [3.05, 3.63) is 0 Å². The lowest BCUT2D eigenvalue weighted by Gasteiger charge is -2.32. The summed E-state index contributed by atoms with van der Waals surface area (Å²) in [6, 6.07) is 2.46. The lowest BCUT2D eigenvalue weighted by atomic mass is 10.3. The quantitative estimate of drug-likeness (QED) is 0.555. The van der Waals surface area contributed by atoms with E-state index in [-0.39, 0.29) is 0 Å². The van der Waals surface area contributed by atoms with Gasteiger partial charge in [-0.1, -0.05) is 13.8 Å². The molecule has 0 aromatic rings. The Morgan fingerprint density at radius 1 is 0.722 bits per heavy atom. The molecule has 0 N–H and O–H groups in total. The van der Waals surface area contributed by atoms with Crippen molar-refractivity contribution < 1.29 is 8.85 Å². The first-order valence-electron chi connectivity index (χ1n) is 7.47. The van der Waals surface area contributed by atoms with E-state index in [0.717, 1.165) is 12.8 Å². The van der Waals surface area contributed by atoms with Crippen molar-refractivity contribution in [1.82, 2.24) is 0 Å².